The average Bonchev–Trinajstić information content (AvgIpc) is 3.02. The average molecular weight is 319 g/mol. The van der Waals surface area contributed by atoms with Crippen LogP contribution >= 0.6 is 0 Å². The fraction of sp³-hybridized carbons (Fsp3) is 0.684. The third-order valence-electron chi connectivity index (χ3n) is 5.33. The number of fused-ring (bicyclic) bond motifs is 1. The first-order valence-electron chi connectivity index (χ1n) is 9.00. The Morgan fingerprint density at radius 2 is 1.91 bits per heavy atom. The van der Waals surface area contributed by atoms with E-state index < -0.39 is 6.10 Å². The Bertz CT molecular complexity index is 524. The van der Waals surface area contributed by atoms with E-state index in [9.17, 15) is 5.11 Å². The summed E-state index contributed by atoms with van der Waals surface area (Å²) in [4.78, 5) is 2.44. The van der Waals surface area contributed by atoms with E-state index in [1.165, 1.54) is 36.0 Å². The number of aliphatic hydroxyl groups is 2. The van der Waals surface area contributed by atoms with Gasteiger partial charge in [-0.15, -0.1) is 0 Å². The van der Waals surface area contributed by atoms with Crippen molar-refractivity contribution in [3.63, 3.8) is 0 Å². The molecule has 1 unspecified atom stereocenters. The quantitative estimate of drug-likeness (QED) is 0.843. The Kier molecular flexibility index (Phi) is 5.57. The summed E-state index contributed by atoms with van der Waals surface area (Å²) in [6.07, 6.45) is 4.98. The maximum atomic E-state index is 9.79. The molecule has 128 valence electrons. The van der Waals surface area contributed by atoms with Gasteiger partial charge in [0.15, 0.2) is 0 Å². The Morgan fingerprint density at radius 3 is 2.57 bits per heavy atom. The number of hydrogen-bond donors (Lipinski definition) is 2. The van der Waals surface area contributed by atoms with Crippen LogP contribution in [0.5, 0.6) is 5.75 Å². The van der Waals surface area contributed by atoms with E-state index in [2.05, 4.69) is 17.0 Å². The molecule has 2 N–H and O–H groups in total. The van der Waals surface area contributed by atoms with Gasteiger partial charge in [-0.2, -0.15) is 0 Å². The zero-order chi connectivity index (χ0) is 16.2. The van der Waals surface area contributed by atoms with Gasteiger partial charge in [0.05, 0.1) is 19.3 Å². The molecule has 23 heavy (non-hydrogen) atoms. The molecule has 0 amide bonds. The van der Waals surface area contributed by atoms with Crippen molar-refractivity contribution in [1.82, 2.24) is 4.90 Å². The summed E-state index contributed by atoms with van der Waals surface area (Å²) < 4.78 is 5.88. The number of likely N-dealkylation sites (tertiary alicyclic amines) is 1. The Labute approximate surface area is 139 Å². The number of aryl methyl sites for hydroxylation is 2. The molecule has 4 nitrogen and oxygen atoms in total. The van der Waals surface area contributed by atoms with Gasteiger partial charge in [-0.25, -0.2) is 0 Å². The minimum atomic E-state index is -0.559. The molecule has 1 saturated heterocycles. The van der Waals surface area contributed by atoms with Crippen LogP contribution < -0.4 is 4.74 Å². The van der Waals surface area contributed by atoms with Gasteiger partial charge in [0.1, 0.15) is 5.75 Å². The predicted molar refractivity (Wildman–Crippen MR) is 90.7 cm³/mol. The van der Waals surface area contributed by atoms with E-state index in [0.717, 1.165) is 38.2 Å². The first kappa shape index (κ1) is 16.7. The molecular weight excluding hydrogens is 290 g/mol. The first-order chi connectivity index (χ1) is 11.2. The summed E-state index contributed by atoms with van der Waals surface area (Å²) in [5.41, 5.74) is 4.25. The van der Waals surface area contributed by atoms with Crippen molar-refractivity contribution in [2.75, 3.05) is 26.3 Å². The molecule has 1 aliphatic heterocycles. The smallest absolute Gasteiger partial charge is 0.124 e. The number of hydrogen-bond acceptors (Lipinski definition) is 4. The highest BCUT2D eigenvalue weighted by atomic mass is 16.5. The third kappa shape index (κ3) is 3.87. The van der Waals surface area contributed by atoms with Gasteiger partial charge in [0.25, 0.3) is 0 Å². The molecule has 0 aromatic heterocycles. The molecule has 0 bridgehead atoms. The summed E-state index contributed by atoms with van der Waals surface area (Å²) in [6.45, 7) is 5.50. The van der Waals surface area contributed by atoms with Gasteiger partial charge < -0.3 is 14.9 Å². The minimum Gasteiger partial charge on any atom is -0.494 e. The van der Waals surface area contributed by atoms with E-state index >= 15 is 0 Å². The zero-order valence-electron chi connectivity index (χ0n) is 14.1. The molecule has 2 aliphatic rings. The van der Waals surface area contributed by atoms with Gasteiger partial charge in [-0.05, 0) is 75.2 Å². The lowest BCUT2D eigenvalue weighted by Crippen LogP contribution is -2.38. The molecule has 0 saturated carbocycles. The van der Waals surface area contributed by atoms with Gasteiger partial charge in [-0.3, -0.25) is 4.90 Å². The minimum absolute atomic E-state index is 0.121. The molecule has 1 heterocycles. The lowest BCUT2D eigenvalue weighted by Gasteiger charge is -2.34. The molecule has 0 radical (unpaired) electrons. The standard InChI is InChI=1S/C19H29NO3/c1-2-23-19-11-16-5-3-4-15(16)10-17(19)12-20-8-6-14(7-9-20)18(22)13-21/h10-11,14,18,21-22H,2-9,12-13H2,1H3. The van der Waals surface area contributed by atoms with E-state index in [1.807, 2.05) is 6.92 Å². The highest BCUT2D eigenvalue weighted by molar-refractivity contribution is 5.44. The van der Waals surface area contributed by atoms with Crippen molar-refractivity contribution in [3.05, 3.63) is 28.8 Å². The van der Waals surface area contributed by atoms with Crippen LogP contribution in [0.4, 0.5) is 0 Å². The van der Waals surface area contributed by atoms with Crippen LogP contribution in [0.2, 0.25) is 0 Å². The molecule has 0 spiro atoms. The summed E-state index contributed by atoms with van der Waals surface area (Å²) in [6, 6.07) is 4.60. The molecule has 1 aliphatic carbocycles. The van der Waals surface area contributed by atoms with Crippen molar-refractivity contribution >= 4 is 0 Å². The van der Waals surface area contributed by atoms with Crippen molar-refractivity contribution in [2.24, 2.45) is 5.92 Å². The van der Waals surface area contributed by atoms with Gasteiger partial charge >= 0.3 is 0 Å². The summed E-state index contributed by atoms with van der Waals surface area (Å²) in [5, 5.41) is 18.9. The molecule has 3 rings (SSSR count). The third-order valence-corrected chi connectivity index (χ3v) is 5.33. The highest BCUT2D eigenvalue weighted by Crippen LogP contribution is 2.32. The van der Waals surface area contributed by atoms with Crippen LogP contribution in [-0.4, -0.2) is 47.5 Å². The van der Waals surface area contributed by atoms with E-state index in [0.29, 0.717) is 6.61 Å². The maximum Gasteiger partial charge on any atom is 0.124 e. The van der Waals surface area contributed by atoms with Crippen LogP contribution in [0.3, 0.4) is 0 Å². The molecular formula is C19H29NO3. The SMILES string of the molecule is CCOc1cc2c(cc1CN1CCC(C(O)CO)CC1)CCC2. The fourth-order valence-electron chi connectivity index (χ4n) is 3.95. The number of nitrogens with zero attached hydrogens (tertiary/aromatic N) is 1. The zero-order valence-corrected chi connectivity index (χ0v) is 14.1. The molecule has 1 aromatic rings. The highest BCUT2D eigenvalue weighted by Gasteiger charge is 2.25. The normalized spacial score (nSPS) is 20.5. The van der Waals surface area contributed by atoms with Crippen molar-refractivity contribution in [2.45, 2.75) is 51.7 Å². The number of rotatable bonds is 6. The number of piperidine rings is 1. The Hall–Kier alpha value is -1.10. The van der Waals surface area contributed by atoms with Gasteiger partial charge in [0.2, 0.25) is 0 Å². The molecule has 4 heteroatoms. The molecule has 1 atom stereocenters. The summed E-state index contributed by atoms with van der Waals surface area (Å²) >= 11 is 0. The largest absolute Gasteiger partial charge is 0.494 e. The number of ether oxygens (including phenoxy) is 1. The monoisotopic (exact) mass is 319 g/mol. The maximum absolute atomic E-state index is 9.79. The summed E-state index contributed by atoms with van der Waals surface area (Å²) in [5.74, 6) is 1.29. The first-order valence-corrected chi connectivity index (χ1v) is 9.00. The van der Waals surface area contributed by atoms with Crippen molar-refractivity contribution < 1.29 is 14.9 Å². The van der Waals surface area contributed by atoms with Gasteiger partial charge in [-0.1, -0.05) is 6.07 Å². The van der Waals surface area contributed by atoms with E-state index in [-0.39, 0.29) is 12.5 Å². The molecule has 1 aromatic carbocycles. The van der Waals surface area contributed by atoms with E-state index in [4.69, 9.17) is 9.84 Å². The van der Waals surface area contributed by atoms with Crippen LogP contribution in [0.25, 0.3) is 0 Å². The van der Waals surface area contributed by atoms with Crippen LogP contribution in [0, 0.1) is 5.92 Å². The Morgan fingerprint density at radius 1 is 1.22 bits per heavy atom. The van der Waals surface area contributed by atoms with Gasteiger partial charge in [0, 0.05) is 12.1 Å². The number of benzene rings is 1. The number of aliphatic hydroxyl groups excluding tert-OH is 2. The Balaban J connectivity index is 1.66. The van der Waals surface area contributed by atoms with Crippen LogP contribution in [0.15, 0.2) is 12.1 Å². The lowest BCUT2D eigenvalue weighted by molar-refractivity contribution is 0.0171. The van der Waals surface area contributed by atoms with Crippen LogP contribution in [0.1, 0.15) is 42.9 Å². The van der Waals surface area contributed by atoms with Crippen molar-refractivity contribution in [3.8, 4) is 5.75 Å². The van der Waals surface area contributed by atoms with Crippen LogP contribution in [-0.2, 0) is 19.4 Å². The second kappa shape index (κ2) is 7.65. The topological polar surface area (TPSA) is 52.9 Å². The molecule has 1 fully saturated rings. The van der Waals surface area contributed by atoms with Crippen molar-refractivity contribution in [1.29, 1.82) is 0 Å². The summed E-state index contributed by atoms with van der Waals surface area (Å²) in [7, 11) is 0. The van der Waals surface area contributed by atoms with E-state index in [1.54, 1.807) is 0 Å². The lowest BCUT2D eigenvalue weighted by atomic mass is 9.91. The predicted octanol–water partition coefficient (Wildman–Crippen LogP) is 2.14. The fourth-order valence-corrected chi connectivity index (χ4v) is 3.95. The second-order valence-electron chi connectivity index (χ2n) is 6.88. The second-order valence-corrected chi connectivity index (χ2v) is 6.88.